The molecule has 4 amide bonds. The molecule has 2 aliphatic heterocycles. The van der Waals surface area contributed by atoms with Crippen LogP contribution in [-0.4, -0.2) is 89.6 Å². The number of carbonyl (C=O) groups is 5. The zero-order chi connectivity index (χ0) is 79.2. The van der Waals surface area contributed by atoms with Gasteiger partial charge in [0.05, 0.1) is 4.92 Å². The Morgan fingerprint density at radius 1 is 0.421 bits per heavy atom. The third kappa shape index (κ3) is 19.1. The van der Waals surface area contributed by atoms with Gasteiger partial charge in [0.1, 0.15) is 36.2 Å². The molecule has 8 aromatic rings. The summed E-state index contributed by atoms with van der Waals surface area (Å²) in [6.07, 6.45) is 21.1. The van der Waals surface area contributed by atoms with E-state index in [2.05, 4.69) is 110 Å². The van der Waals surface area contributed by atoms with Gasteiger partial charge >= 0.3 is 30.5 Å². The fraction of sp³-hybridized carbons (Fsp3) is 0.442. The van der Waals surface area contributed by atoms with Crippen LogP contribution in [-0.2, 0) is 58.2 Å². The molecule has 0 spiro atoms. The van der Waals surface area contributed by atoms with Crippen LogP contribution in [0.1, 0.15) is 210 Å². The van der Waals surface area contributed by atoms with Crippen molar-refractivity contribution in [1.29, 1.82) is 0 Å². The molecule has 0 unspecified atom stereocenters. The van der Waals surface area contributed by atoms with Crippen molar-refractivity contribution < 1.29 is 57.3 Å². The average molecular weight is 1540 g/mol. The van der Waals surface area contributed by atoms with Crippen LogP contribution in [0, 0.1) is 27.9 Å². The molecule has 5 fully saturated rings. The molecule has 598 valence electrons. The molecule has 19 heteroatoms. The Hall–Kier alpha value is -10.5. The van der Waals surface area contributed by atoms with Crippen molar-refractivity contribution in [2.75, 3.05) is 26.2 Å². The molecule has 4 N–H and O–H groups in total. The highest BCUT2D eigenvalue weighted by atomic mass is 16.7. The number of hydrogen-bond acceptors (Lipinski definition) is 14. The molecule has 114 heavy (non-hydrogen) atoms. The lowest BCUT2D eigenvalue weighted by atomic mass is 9.59. The van der Waals surface area contributed by atoms with E-state index in [4.69, 9.17) is 34.2 Å². The van der Waals surface area contributed by atoms with Crippen molar-refractivity contribution in [3.05, 3.63) is 266 Å². The number of nitrogens with one attached hydrogen (secondary N) is 2. The first-order valence-corrected chi connectivity index (χ1v) is 41.6. The van der Waals surface area contributed by atoms with Crippen LogP contribution >= 0.6 is 0 Å². The van der Waals surface area contributed by atoms with E-state index >= 15 is 0 Å². The molecule has 6 bridgehead atoms. The van der Waals surface area contributed by atoms with Gasteiger partial charge in [0.25, 0.3) is 5.69 Å². The molecular formula is C95H110N6O13. The minimum atomic E-state index is -0.940. The van der Waals surface area contributed by atoms with E-state index in [0.29, 0.717) is 54.0 Å². The number of hydrogen-bond donors (Lipinski definition) is 3. The summed E-state index contributed by atoms with van der Waals surface area (Å²) in [6.45, 7) is 10.1. The second kappa shape index (κ2) is 36.7. The van der Waals surface area contributed by atoms with Gasteiger partial charge in [0.2, 0.25) is 0 Å². The van der Waals surface area contributed by atoms with E-state index < -0.39 is 17.2 Å². The van der Waals surface area contributed by atoms with Crippen molar-refractivity contribution in [1.82, 2.24) is 20.4 Å². The highest BCUT2D eigenvalue weighted by molar-refractivity contribution is 5.73. The van der Waals surface area contributed by atoms with Crippen molar-refractivity contribution in [3.8, 4) is 23.0 Å². The van der Waals surface area contributed by atoms with E-state index in [0.717, 1.165) is 133 Å². The summed E-state index contributed by atoms with van der Waals surface area (Å²) in [5.74, 6) is 3.88. The van der Waals surface area contributed by atoms with Crippen molar-refractivity contribution >= 4 is 36.2 Å². The maximum atomic E-state index is 13.2. The molecule has 0 radical (unpaired) electrons. The van der Waals surface area contributed by atoms with Crippen LogP contribution in [0.5, 0.6) is 23.0 Å². The SMILES string of the molecule is C[C@@]12CCCCC[C@@H](Cc3ccc(OC(=O)N4CCC(c5ccccc5)CC4)cc31)[C@@H]2N.C[C@@]12CCCCC[C@@H](Cc3ccc(OC(=O)N4CCC(c5ccccc5)CC4)cc31)[C@@H]2NC(=O)OCc1ccccc1.C[C@@]12CCCCC[C@@H](Cc3ccc(OC(=O)Oc4ccc([N+](=O)[O-])cc4)cc31)[C@@H]2NC(=O)OCc1ccccc1. The van der Waals surface area contributed by atoms with Crippen LogP contribution < -0.4 is 35.3 Å². The van der Waals surface area contributed by atoms with E-state index in [1.807, 2.05) is 101 Å². The van der Waals surface area contributed by atoms with Crippen LogP contribution in [0.3, 0.4) is 0 Å². The number of fused-ring (bicyclic) bond motifs is 12. The Kier molecular flexibility index (Phi) is 25.8. The Labute approximate surface area is 670 Å². The first kappa shape index (κ1) is 80.1. The van der Waals surface area contributed by atoms with Crippen LogP contribution in [0.2, 0.25) is 0 Å². The number of ether oxygens (including phenoxy) is 6. The summed E-state index contributed by atoms with van der Waals surface area (Å²) in [5.41, 5.74) is 18.0. The number of rotatable bonds is 13. The summed E-state index contributed by atoms with van der Waals surface area (Å²) in [7, 11) is 0. The Morgan fingerprint density at radius 2 is 0.772 bits per heavy atom. The van der Waals surface area contributed by atoms with Gasteiger partial charge in [0.15, 0.2) is 0 Å². The van der Waals surface area contributed by atoms with Gasteiger partial charge in [-0.3, -0.25) is 10.1 Å². The molecule has 2 heterocycles. The van der Waals surface area contributed by atoms with Crippen molar-refractivity contribution in [3.63, 3.8) is 0 Å². The number of nitrogens with zero attached hydrogens (tertiary/aromatic N) is 3. The maximum absolute atomic E-state index is 13.2. The summed E-state index contributed by atoms with van der Waals surface area (Å²) >= 11 is 0. The second-order valence-electron chi connectivity index (χ2n) is 33.6. The minimum absolute atomic E-state index is 0.0326. The highest BCUT2D eigenvalue weighted by Gasteiger charge is 2.50. The van der Waals surface area contributed by atoms with Gasteiger partial charge in [-0.15, -0.1) is 0 Å². The van der Waals surface area contributed by atoms with Crippen LogP contribution in [0.4, 0.5) is 29.7 Å². The fourth-order valence-electron chi connectivity index (χ4n) is 20.0. The number of nitro benzene ring substituents is 1. The smallest absolute Gasteiger partial charge is 0.445 e. The summed E-state index contributed by atoms with van der Waals surface area (Å²) in [4.78, 5) is 78.7. The fourth-order valence-corrected chi connectivity index (χ4v) is 20.0. The van der Waals surface area contributed by atoms with Crippen molar-refractivity contribution in [2.45, 2.75) is 221 Å². The number of piperidine rings is 2. The number of alkyl carbamates (subject to hydrolysis) is 2. The molecule has 8 aromatic carbocycles. The lowest BCUT2D eigenvalue weighted by Crippen LogP contribution is -2.57. The van der Waals surface area contributed by atoms with Gasteiger partial charge in [0, 0.05) is 72.7 Å². The van der Waals surface area contributed by atoms with E-state index in [9.17, 15) is 34.1 Å². The molecule has 9 atom stereocenters. The second-order valence-corrected chi connectivity index (χ2v) is 33.6. The van der Waals surface area contributed by atoms with Crippen molar-refractivity contribution in [2.24, 2.45) is 23.5 Å². The number of nitrogens with two attached hydrogens (primary N) is 1. The largest absolute Gasteiger partial charge is 0.519 e. The van der Waals surface area contributed by atoms with E-state index in [-0.39, 0.29) is 83.2 Å². The molecule has 8 aliphatic rings. The third-order valence-electron chi connectivity index (χ3n) is 26.3. The average Bonchev–Trinajstić information content (AvgIpc) is 0.752. The Balaban J connectivity index is 0.000000143. The molecule has 19 nitrogen and oxygen atoms in total. The first-order valence-electron chi connectivity index (χ1n) is 41.6. The lowest BCUT2D eigenvalue weighted by molar-refractivity contribution is -0.384. The van der Waals surface area contributed by atoms with E-state index in [1.165, 1.54) is 102 Å². The zero-order valence-electron chi connectivity index (χ0n) is 66.2. The lowest BCUT2D eigenvalue weighted by Gasteiger charge is -2.49. The number of amides is 4. The van der Waals surface area contributed by atoms with Gasteiger partial charge < -0.3 is 54.6 Å². The molecule has 0 aromatic heterocycles. The number of carbonyl (C=O) groups excluding carboxylic acids is 5. The van der Waals surface area contributed by atoms with E-state index in [1.54, 1.807) is 6.07 Å². The number of benzene rings is 8. The quantitative estimate of drug-likeness (QED) is 0.0421. The molecule has 6 aliphatic carbocycles. The van der Waals surface area contributed by atoms with Gasteiger partial charge in [-0.1, -0.05) is 218 Å². The van der Waals surface area contributed by atoms with Crippen LogP contribution in [0.15, 0.2) is 200 Å². The molecule has 2 saturated heterocycles. The number of likely N-dealkylation sites (tertiary alicyclic amines) is 2. The number of nitro groups is 1. The molecular weight excluding hydrogens is 1430 g/mol. The van der Waals surface area contributed by atoms with Gasteiger partial charge in [-0.05, 0) is 217 Å². The maximum Gasteiger partial charge on any atom is 0.519 e. The predicted molar refractivity (Wildman–Crippen MR) is 439 cm³/mol. The molecule has 16 rings (SSSR count). The number of non-ortho nitro benzene ring substituents is 1. The summed E-state index contributed by atoms with van der Waals surface area (Å²) in [5, 5.41) is 17.3. The topological polar surface area (TPSA) is 240 Å². The summed E-state index contributed by atoms with van der Waals surface area (Å²) in [6, 6.07) is 63.8. The zero-order valence-corrected chi connectivity index (χ0v) is 66.2. The predicted octanol–water partition coefficient (Wildman–Crippen LogP) is 20.4. The highest BCUT2D eigenvalue weighted by Crippen LogP contribution is 2.51. The Bertz CT molecular complexity index is 4610. The normalized spacial score (nSPS) is 24.4. The monoisotopic (exact) mass is 1540 g/mol. The molecule has 3 saturated carbocycles. The Morgan fingerprint density at radius 3 is 1.18 bits per heavy atom. The third-order valence-corrected chi connectivity index (χ3v) is 26.3. The van der Waals surface area contributed by atoms with Gasteiger partial charge in [-0.25, -0.2) is 24.0 Å². The summed E-state index contributed by atoms with van der Waals surface area (Å²) < 4.78 is 33.8. The first-order chi connectivity index (χ1) is 55.3. The van der Waals surface area contributed by atoms with Crippen LogP contribution in [0.25, 0.3) is 0 Å². The minimum Gasteiger partial charge on any atom is -0.445 e. The standard InChI is InChI=1S/C36H42N2O4.C31H32N2O7.C28H36N2O2/c1-36-20-10-4-9-15-30(33(36)37-34(39)41-25-26-11-5-2-6-12-26)23-29-16-17-31(24-32(29)36)42-35(40)38-21-18-28(19-22-38)27-13-7-3-8-14-27;1-31-17-7-3-6-10-23(28(31)32-29(34)38-20-21-8-4-2-5-9-21)18-22-11-14-26(19-27(22)31)40-30(35)39-25-15-12-24(13-16-25)33(36)37;1-28-15-7-3-6-10-23(26(28)29)18-22-11-12-24(19-25(22)28)32-27(31)30-16-13-21(14-17-30)20-8-4-2-5-9-20/h2-3,5-8,11-14,16-17,24,28,30,33H,4,9-10,15,18-23,25H2,1H3,(H,37,39);2,4-5,8-9,11-16,19,23,28H,3,6-7,10,17-18,20H2,1H3,(H,32,34);2,4-5,8-9,11-12,19,21,23,26H,3,6-7,10,13-18,29H2,1H3/t30-,33-,36+;23-,28-,31+;23-,26-,28+/m000/s1. The van der Waals surface area contributed by atoms with Gasteiger partial charge in [-0.2, -0.15) is 0 Å².